The van der Waals surface area contributed by atoms with Crippen LogP contribution in [-0.2, 0) is 4.74 Å². The van der Waals surface area contributed by atoms with Crippen molar-refractivity contribution >= 4 is 36.0 Å². The summed E-state index contributed by atoms with van der Waals surface area (Å²) >= 11 is 0. The Labute approximate surface area is 179 Å². The lowest BCUT2D eigenvalue weighted by molar-refractivity contribution is 0.0529. The van der Waals surface area contributed by atoms with E-state index in [1.54, 1.807) is 0 Å². The summed E-state index contributed by atoms with van der Waals surface area (Å²) < 4.78 is 10.8. The standard InChI is InChI=1S/C19H32N4O3.HI/c1-5-20-17(22-13-14-23-18(24)26-19(2,3)4)21-12-9-15-25-16-10-7-6-8-11-16;/h6-8,10-11H,5,9,12-15H2,1-4H3,(H,23,24)(H2,20,21,22);1H. The maximum Gasteiger partial charge on any atom is 0.407 e. The fourth-order valence-corrected chi connectivity index (χ4v) is 1.96. The third-order valence-corrected chi connectivity index (χ3v) is 3.01. The summed E-state index contributed by atoms with van der Waals surface area (Å²) in [5.41, 5.74) is -0.490. The number of nitrogens with one attached hydrogen (secondary N) is 3. The molecule has 0 bridgehead atoms. The van der Waals surface area contributed by atoms with Gasteiger partial charge in [-0.2, -0.15) is 0 Å². The van der Waals surface area contributed by atoms with E-state index in [4.69, 9.17) is 9.47 Å². The van der Waals surface area contributed by atoms with Crippen molar-refractivity contribution < 1.29 is 14.3 Å². The molecule has 0 saturated heterocycles. The largest absolute Gasteiger partial charge is 0.494 e. The Balaban J connectivity index is 0.00000676. The van der Waals surface area contributed by atoms with E-state index < -0.39 is 11.7 Å². The minimum atomic E-state index is -0.490. The second-order valence-corrected chi connectivity index (χ2v) is 6.63. The molecule has 0 radical (unpaired) electrons. The van der Waals surface area contributed by atoms with Crippen LogP contribution < -0.4 is 20.7 Å². The van der Waals surface area contributed by atoms with E-state index in [9.17, 15) is 4.79 Å². The molecule has 1 aromatic rings. The van der Waals surface area contributed by atoms with Gasteiger partial charge in [0.1, 0.15) is 11.4 Å². The number of carbonyl (C=O) groups is 1. The smallest absolute Gasteiger partial charge is 0.407 e. The number of halogens is 1. The maximum absolute atomic E-state index is 11.6. The van der Waals surface area contributed by atoms with Crippen LogP contribution in [0, 0.1) is 0 Å². The van der Waals surface area contributed by atoms with Gasteiger partial charge in [-0.15, -0.1) is 24.0 Å². The molecule has 1 amide bonds. The molecule has 154 valence electrons. The highest BCUT2D eigenvalue weighted by Gasteiger charge is 2.15. The van der Waals surface area contributed by atoms with Crippen LogP contribution in [0.2, 0.25) is 0 Å². The van der Waals surface area contributed by atoms with Crippen LogP contribution in [0.1, 0.15) is 34.1 Å². The van der Waals surface area contributed by atoms with Gasteiger partial charge in [0.2, 0.25) is 0 Å². The number of guanidine groups is 1. The third kappa shape index (κ3) is 14.1. The number of benzene rings is 1. The Kier molecular flexibility index (Phi) is 13.5. The molecular formula is C19H33IN4O3. The number of nitrogens with zero attached hydrogens (tertiary/aromatic N) is 1. The van der Waals surface area contributed by atoms with Gasteiger partial charge in [-0.3, -0.25) is 4.99 Å². The maximum atomic E-state index is 11.6. The van der Waals surface area contributed by atoms with E-state index in [0.29, 0.717) is 26.2 Å². The molecular weight excluding hydrogens is 459 g/mol. The van der Waals surface area contributed by atoms with Crippen LogP contribution in [0.15, 0.2) is 35.3 Å². The molecule has 0 heterocycles. The first-order valence-corrected chi connectivity index (χ1v) is 9.07. The number of aliphatic imine (C=N–C) groups is 1. The molecule has 3 N–H and O–H groups in total. The van der Waals surface area contributed by atoms with Crippen molar-refractivity contribution in [2.75, 3.05) is 32.8 Å². The first kappa shape index (κ1) is 25.3. The number of hydrogen-bond donors (Lipinski definition) is 3. The molecule has 27 heavy (non-hydrogen) atoms. The zero-order valence-electron chi connectivity index (χ0n) is 16.7. The fourth-order valence-electron chi connectivity index (χ4n) is 1.96. The molecule has 0 aliphatic carbocycles. The van der Waals surface area contributed by atoms with Crippen molar-refractivity contribution in [2.24, 2.45) is 4.99 Å². The lowest BCUT2D eigenvalue weighted by atomic mass is 10.2. The zero-order valence-corrected chi connectivity index (χ0v) is 19.0. The molecule has 7 nitrogen and oxygen atoms in total. The normalized spacial score (nSPS) is 11.2. The number of ether oxygens (including phenoxy) is 2. The van der Waals surface area contributed by atoms with Crippen molar-refractivity contribution in [3.63, 3.8) is 0 Å². The number of rotatable bonds is 9. The Morgan fingerprint density at radius 3 is 2.37 bits per heavy atom. The molecule has 0 aliphatic heterocycles. The highest BCUT2D eigenvalue weighted by atomic mass is 127. The van der Waals surface area contributed by atoms with E-state index >= 15 is 0 Å². The molecule has 0 atom stereocenters. The van der Waals surface area contributed by atoms with Crippen molar-refractivity contribution in [1.29, 1.82) is 0 Å². The minimum absolute atomic E-state index is 0. The summed E-state index contributed by atoms with van der Waals surface area (Å²) in [6.07, 6.45) is 0.404. The van der Waals surface area contributed by atoms with Crippen molar-refractivity contribution in [3.8, 4) is 5.75 Å². The molecule has 8 heteroatoms. The van der Waals surface area contributed by atoms with Gasteiger partial charge >= 0.3 is 6.09 Å². The number of amides is 1. The average Bonchev–Trinajstić information content (AvgIpc) is 2.57. The molecule has 0 aromatic heterocycles. The predicted molar refractivity (Wildman–Crippen MR) is 120 cm³/mol. The van der Waals surface area contributed by atoms with Gasteiger partial charge in [-0.1, -0.05) is 18.2 Å². The van der Waals surface area contributed by atoms with Gasteiger partial charge < -0.3 is 25.4 Å². The minimum Gasteiger partial charge on any atom is -0.494 e. The summed E-state index contributed by atoms with van der Waals surface area (Å²) in [4.78, 5) is 16.1. The second kappa shape index (κ2) is 14.4. The van der Waals surface area contributed by atoms with Gasteiger partial charge in [0.05, 0.1) is 6.61 Å². The Hall–Kier alpha value is -1.71. The zero-order chi connectivity index (χ0) is 19.3. The Bertz CT molecular complexity index is 548. The van der Waals surface area contributed by atoms with E-state index in [0.717, 1.165) is 24.7 Å². The summed E-state index contributed by atoms with van der Waals surface area (Å²) in [6.45, 7) is 10.6. The van der Waals surface area contributed by atoms with E-state index in [-0.39, 0.29) is 24.0 Å². The topological polar surface area (TPSA) is 84.0 Å². The quantitative estimate of drug-likeness (QED) is 0.214. The first-order valence-electron chi connectivity index (χ1n) is 9.07. The first-order chi connectivity index (χ1) is 12.4. The molecule has 0 unspecified atom stereocenters. The van der Waals surface area contributed by atoms with Crippen LogP contribution in [0.5, 0.6) is 5.75 Å². The molecule has 1 rings (SSSR count). The lowest BCUT2D eigenvalue weighted by Crippen LogP contribution is -2.42. The monoisotopic (exact) mass is 492 g/mol. The van der Waals surface area contributed by atoms with Crippen LogP contribution >= 0.6 is 24.0 Å². The summed E-state index contributed by atoms with van der Waals surface area (Å²) in [5.74, 6) is 1.59. The second-order valence-electron chi connectivity index (χ2n) is 6.63. The van der Waals surface area contributed by atoms with E-state index in [2.05, 4.69) is 20.9 Å². The van der Waals surface area contributed by atoms with Gasteiger partial charge in [0.25, 0.3) is 0 Å². The average molecular weight is 492 g/mol. The summed E-state index contributed by atoms with van der Waals surface area (Å²) in [5, 5.41) is 9.05. The third-order valence-electron chi connectivity index (χ3n) is 3.01. The fraction of sp³-hybridized carbons (Fsp3) is 0.579. The SMILES string of the molecule is CCNC(=NCCCOc1ccccc1)NCCNC(=O)OC(C)(C)C.I. The summed E-state index contributed by atoms with van der Waals surface area (Å²) in [7, 11) is 0. The number of carbonyl (C=O) groups excluding carboxylic acids is 1. The van der Waals surface area contributed by atoms with Crippen LogP contribution in [0.4, 0.5) is 4.79 Å². The molecule has 0 fully saturated rings. The molecule has 1 aromatic carbocycles. The highest BCUT2D eigenvalue weighted by molar-refractivity contribution is 14.0. The van der Waals surface area contributed by atoms with Crippen molar-refractivity contribution in [1.82, 2.24) is 16.0 Å². The van der Waals surface area contributed by atoms with Crippen molar-refractivity contribution in [3.05, 3.63) is 30.3 Å². The van der Waals surface area contributed by atoms with Gasteiger partial charge in [0.15, 0.2) is 5.96 Å². The van der Waals surface area contributed by atoms with Crippen LogP contribution in [-0.4, -0.2) is 50.4 Å². The number of alkyl carbamates (subject to hydrolysis) is 1. The van der Waals surface area contributed by atoms with E-state index in [1.807, 2.05) is 58.0 Å². The molecule has 0 saturated carbocycles. The van der Waals surface area contributed by atoms with Gasteiger partial charge in [-0.05, 0) is 39.8 Å². The predicted octanol–water partition coefficient (Wildman–Crippen LogP) is 3.15. The van der Waals surface area contributed by atoms with E-state index in [1.165, 1.54) is 0 Å². The van der Waals surface area contributed by atoms with Crippen LogP contribution in [0.25, 0.3) is 0 Å². The number of hydrogen-bond acceptors (Lipinski definition) is 4. The summed E-state index contributed by atoms with van der Waals surface area (Å²) in [6, 6.07) is 9.74. The van der Waals surface area contributed by atoms with Gasteiger partial charge in [0, 0.05) is 32.6 Å². The van der Waals surface area contributed by atoms with Crippen molar-refractivity contribution in [2.45, 2.75) is 39.7 Å². The highest BCUT2D eigenvalue weighted by Crippen LogP contribution is 2.08. The Morgan fingerprint density at radius 2 is 1.74 bits per heavy atom. The van der Waals surface area contributed by atoms with Crippen LogP contribution in [0.3, 0.4) is 0 Å². The lowest BCUT2D eigenvalue weighted by Gasteiger charge is -2.19. The van der Waals surface area contributed by atoms with Gasteiger partial charge in [-0.25, -0.2) is 4.79 Å². The Morgan fingerprint density at radius 1 is 1.07 bits per heavy atom. The number of para-hydroxylation sites is 1. The molecule has 0 spiro atoms. The molecule has 0 aliphatic rings.